The quantitative estimate of drug-likeness (QED) is 0.573. The molecule has 94 valence electrons. The molecule has 0 N–H and O–H groups in total. The summed E-state index contributed by atoms with van der Waals surface area (Å²) in [7, 11) is 1.34. The van der Waals surface area contributed by atoms with Crippen LogP contribution >= 0.6 is 30.4 Å². The number of carbonyl (C=O) groups is 1. The van der Waals surface area contributed by atoms with E-state index in [-0.39, 0.29) is 6.09 Å². The van der Waals surface area contributed by atoms with Gasteiger partial charge in [-0.25, -0.2) is 4.79 Å². The van der Waals surface area contributed by atoms with Gasteiger partial charge in [-0.3, -0.25) is 0 Å². The highest BCUT2D eigenvalue weighted by atomic mass is 127. The Morgan fingerprint density at radius 1 is 1.56 bits per heavy atom. The fourth-order valence-electron chi connectivity index (χ4n) is 1.58. The van der Waals surface area contributed by atoms with Crippen LogP contribution in [0.25, 0.3) is 0 Å². The smallest absolute Gasteiger partial charge is 0.410 e. The van der Waals surface area contributed by atoms with Crippen molar-refractivity contribution in [1.82, 2.24) is 4.90 Å². The van der Waals surface area contributed by atoms with E-state index in [0.29, 0.717) is 12.5 Å². The number of rotatable bonds is 3. The van der Waals surface area contributed by atoms with Crippen molar-refractivity contribution in [3.63, 3.8) is 0 Å². The molecule has 1 saturated heterocycles. The maximum absolute atomic E-state index is 11.7. The summed E-state index contributed by atoms with van der Waals surface area (Å²) >= 11 is 2.10. The number of hydrogen-bond donors (Lipinski definition) is 0. The molecule has 0 aromatic carbocycles. The molecule has 1 amide bonds. The molecule has 0 bridgehead atoms. The Balaban J connectivity index is 2.32. The Morgan fingerprint density at radius 2 is 2.25 bits per heavy atom. The molecule has 0 radical (unpaired) electrons. The van der Waals surface area contributed by atoms with E-state index in [1.165, 1.54) is 9.21 Å². The maximum Gasteiger partial charge on any atom is 0.410 e. The summed E-state index contributed by atoms with van der Waals surface area (Å²) < 4.78 is 10.6. The van der Waals surface area contributed by atoms with E-state index in [1.54, 1.807) is 4.90 Å². The lowest BCUT2D eigenvalue weighted by Crippen LogP contribution is -2.35. The zero-order chi connectivity index (χ0) is 12.2. The van der Waals surface area contributed by atoms with E-state index in [1.807, 2.05) is 20.8 Å². The lowest BCUT2D eigenvalue weighted by molar-refractivity contribution is 0.0285. The van der Waals surface area contributed by atoms with Crippen molar-refractivity contribution in [3.05, 3.63) is 0 Å². The average Bonchev–Trinajstić information content (AvgIpc) is 2.60. The van der Waals surface area contributed by atoms with E-state index in [4.69, 9.17) is 8.92 Å². The highest BCUT2D eigenvalue weighted by Gasteiger charge is 2.29. The molecule has 1 aliphatic heterocycles. The second-order valence-corrected chi connectivity index (χ2v) is 6.37. The summed E-state index contributed by atoms with van der Waals surface area (Å²) in [5, 5.41) is 0. The summed E-state index contributed by atoms with van der Waals surface area (Å²) in [6.45, 7) is 7.87. The Labute approximate surface area is 113 Å². The number of carbonyl (C=O) groups excluding carboxylic acids is 1. The van der Waals surface area contributed by atoms with Crippen molar-refractivity contribution in [1.29, 1.82) is 0 Å². The highest BCUT2D eigenvalue weighted by Crippen LogP contribution is 2.22. The maximum atomic E-state index is 11.7. The van der Waals surface area contributed by atoms with Gasteiger partial charge in [-0.2, -0.15) is 0 Å². The van der Waals surface area contributed by atoms with Crippen molar-refractivity contribution in [2.75, 3.05) is 19.7 Å². The molecule has 0 aliphatic carbocycles. The van der Waals surface area contributed by atoms with Crippen LogP contribution in [0.15, 0.2) is 0 Å². The molecule has 0 aromatic rings. The van der Waals surface area contributed by atoms with E-state index in [9.17, 15) is 4.79 Å². The summed E-state index contributed by atoms with van der Waals surface area (Å²) in [5.74, 6) is 0.440. The van der Waals surface area contributed by atoms with Crippen LogP contribution in [0.2, 0.25) is 0 Å². The Kier molecular flexibility index (Phi) is 5.66. The van der Waals surface area contributed by atoms with Crippen molar-refractivity contribution in [2.45, 2.75) is 32.8 Å². The molecule has 0 saturated carbocycles. The molecule has 0 unspecified atom stereocenters. The Hall–Kier alpha value is 0.310. The standard InChI is InChI=1S/C10H18INO3S/c1-10(2,3)15-9(13)12-5-4-8(6-12)7-14-16-11/h8H,4-7H2,1-3H3/t8-/m0/s1. The van der Waals surface area contributed by atoms with Gasteiger partial charge in [-0.15, -0.1) is 0 Å². The molecule has 1 atom stereocenters. The SMILES string of the molecule is CC(C)(C)OC(=O)N1CC[C@H](COSI)C1. The fourth-order valence-corrected chi connectivity index (χ4v) is 2.27. The number of halogens is 1. The van der Waals surface area contributed by atoms with Crippen molar-refractivity contribution in [2.24, 2.45) is 5.92 Å². The fraction of sp³-hybridized carbons (Fsp3) is 0.900. The summed E-state index contributed by atoms with van der Waals surface area (Å²) in [6, 6.07) is 0. The van der Waals surface area contributed by atoms with Gasteiger partial charge >= 0.3 is 6.09 Å². The van der Waals surface area contributed by atoms with Crippen LogP contribution in [0.5, 0.6) is 0 Å². The van der Waals surface area contributed by atoms with Gasteiger partial charge in [0.2, 0.25) is 0 Å². The van der Waals surface area contributed by atoms with Crippen LogP contribution < -0.4 is 0 Å². The van der Waals surface area contributed by atoms with Crippen LogP contribution in [0.3, 0.4) is 0 Å². The van der Waals surface area contributed by atoms with E-state index in [0.717, 1.165) is 19.5 Å². The molecule has 1 fully saturated rings. The minimum atomic E-state index is -0.413. The second-order valence-electron chi connectivity index (χ2n) is 4.93. The van der Waals surface area contributed by atoms with E-state index in [2.05, 4.69) is 21.2 Å². The molecule has 0 spiro atoms. The molecule has 6 heteroatoms. The highest BCUT2D eigenvalue weighted by molar-refractivity contribution is 14.2. The Morgan fingerprint density at radius 3 is 2.81 bits per heavy atom. The predicted molar refractivity (Wildman–Crippen MR) is 73.5 cm³/mol. The number of ether oxygens (including phenoxy) is 1. The van der Waals surface area contributed by atoms with Crippen LogP contribution in [-0.4, -0.2) is 36.3 Å². The van der Waals surface area contributed by atoms with Gasteiger partial charge < -0.3 is 13.8 Å². The van der Waals surface area contributed by atoms with Gasteiger partial charge in [0.1, 0.15) is 5.60 Å². The van der Waals surface area contributed by atoms with Crippen molar-refractivity contribution < 1.29 is 13.7 Å². The molecule has 0 aromatic heterocycles. The largest absolute Gasteiger partial charge is 0.444 e. The second kappa shape index (κ2) is 6.30. The Bertz CT molecular complexity index is 245. The molecule has 1 heterocycles. The molecule has 16 heavy (non-hydrogen) atoms. The first kappa shape index (κ1) is 14.4. The summed E-state index contributed by atoms with van der Waals surface area (Å²) in [6.07, 6.45) is 0.785. The van der Waals surface area contributed by atoms with Gasteiger partial charge in [-0.05, 0) is 27.2 Å². The third-order valence-corrected chi connectivity index (χ3v) is 3.27. The van der Waals surface area contributed by atoms with Gasteiger partial charge in [-0.1, -0.05) is 0 Å². The first-order valence-corrected chi connectivity index (χ1v) is 8.59. The van der Waals surface area contributed by atoms with Crippen LogP contribution in [0.4, 0.5) is 4.79 Å². The van der Waals surface area contributed by atoms with Crippen molar-refractivity contribution >= 4 is 36.5 Å². The lowest BCUT2D eigenvalue weighted by atomic mass is 10.1. The minimum Gasteiger partial charge on any atom is -0.444 e. The number of hydrogen-bond acceptors (Lipinski definition) is 4. The predicted octanol–water partition coefficient (Wildman–Crippen LogP) is 3.26. The normalized spacial score (nSPS) is 21.2. The molecular formula is C10H18INO3S. The summed E-state index contributed by atoms with van der Waals surface area (Å²) in [5.41, 5.74) is -0.413. The van der Waals surface area contributed by atoms with Crippen molar-refractivity contribution in [3.8, 4) is 0 Å². The first-order valence-electron chi connectivity index (χ1n) is 5.30. The third kappa shape index (κ3) is 5.09. The van der Waals surface area contributed by atoms with E-state index >= 15 is 0 Å². The summed E-state index contributed by atoms with van der Waals surface area (Å²) in [4.78, 5) is 13.5. The molecule has 1 aliphatic rings. The van der Waals surface area contributed by atoms with Crippen LogP contribution in [0, 0.1) is 5.92 Å². The molecular weight excluding hydrogens is 341 g/mol. The average molecular weight is 359 g/mol. The third-order valence-electron chi connectivity index (χ3n) is 2.29. The van der Waals surface area contributed by atoms with Crippen LogP contribution in [-0.2, 0) is 8.92 Å². The monoisotopic (exact) mass is 359 g/mol. The topological polar surface area (TPSA) is 38.8 Å². The van der Waals surface area contributed by atoms with Gasteiger partial charge in [0.25, 0.3) is 0 Å². The lowest BCUT2D eigenvalue weighted by Gasteiger charge is -2.24. The van der Waals surface area contributed by atoms with Gasteiger partial charge in [0, 0.05) is 40.2 Å². The van der Waals surface area contributed by atoms with Crippen LogP contribution in [0.1, 0.15) is 27.2 Å². The zero-order valence-corrected chi connectivity index (χ0v) is 12.8. The zero-order valence-electron chi connectivity index (χ0n) is 9.86. The minimum absolute atomic E-state index is 0.211. The first-order chi connectivity index (χ1) is 7.42. The number of nitrogens with zero attached hydrogens (tertiary/aromatic N) is 1. The van der Waals surface area contributed by atoms with E-state index < -0.39 is 5.60 Å². The number of likely N-dealkylation sites (tertiary alicyclic amines) is 1. The van der Waals surface area contributed by atoms with Gasteiger partial charge in [0.05, 0.1) is 15.8 Å². The molecule has 1 rings (SSSR count). The molecule has 4 nitrogen and oxygen atoms in total. The van der Waals surface area contributed by atoms with Gasteiger partial charge in [0.15, 0.2) is 0 Å². The number of amides is 1.